The number of hydrogen-bond acceptors (Lipinski definition) is 3. The first-order valence-corrected chi connectivity index (χ1v) is 3.77. The summed E-state index contributed by atoms with van der Waals surface area (Å²) in [6.45, 7) is 1.85. The highest BCUT2D eigenvalue weighted by Gasteiger charge is 1.99. The van der Waals surface area contributed by atoms with Crippen molar-refractivity contribution in [2.24, 2.45) is 0 Å². The van der Waals surface area contributed by atoms with Gasteiger partial charge in [0, 0.05) is 40.0 Å². The van der Waals surface area contributed by atoms with Gasteiger partial charge in [0.2, 0.25) is 5.91 Å². The summed E-state index contributed by atoms with van der Waals surface area (Å²) in [5, 5.41) is 1.79. The number of nitrogens with zero attached hydrogens (tertiary/aromatic N) is 2. The molecule has 0 heterocycles. The van der Waals surface area contributed by atoms with Crippen molar-refractivity contribution in [2.75, 3.05) is 28.2 Å². The number of hydrazine groups is 1. The Morgan fingerprint density at radius 3 is 2.08 bits per heavy atom. The summed E-state index contributed by atoms with van der Waals surface area (Å²) in [6, 6.07) is 0. The topological polar surface area (TPSA) is 35.6 Å². The summed E-state index contributed by atoms with van der Waals surface area (Å²) in [4.78, 5) is 12.7. The molecule has 0 unspecified atom stereocenters. The zero-order valence-corrected chi connectivity index (χ0v) is 8.38. The molecule has 0 spiro atoms. The third kappa shape index (κ3) is 4.73. The van der Waals surface area contributed by atoms with Gasteiger partial charge in [-0.1, -0.05) is 0 Å². The van der Waals surface area contributed by atoms with Crippen molar-refractivity contribution in [1.29, 1.82) is 0 Å². The number of nitrogens with one attached hydrogen (secondary N) is 1. The second kappa shape index (κ2) is 4.77. The molecular formula is C8H17N3O. The molecule has 0 saturated heterocycles. The van der Waals surface area contributed by atoms with Gasteiger partial charge < -0.3 is 10.3 Å². The van der Waals surface area contributed by atoms with Gasteiger partial charge in [0.05, 0.1) is 0 Å². The standard InChI is InChI=1S/C8H17N3O/c1-7(9-11(4)5)6-8(12)10(2)3/h6,9H,1-5H3/b7-6+. The molecule has 70 valence electrons. The average molecular weight is 171 g/mol. The highest BCUT2D eigenvalue weighted by atomic mass is 16.2. The van der Waals surface area contributed by atoms with Gasteiger partial charge >= 0.3 is 0 Å². The molecule has 0 aromatic heterocycles. The minimum atomic E-state index is -0.0122. The predicted octanol–water partition coefficient (Wildman–Crippen LogP) is 0.0446. The minimum absolute atomic E-state index is 0.0122. The van der Waals surface area contributed by atoms with Gasteiger partial charge in [0.15, 0.2) is 0 Å². The second-order valence-electron chi connectivity index (χ2n) is 3.07. The van der Waals surface area contributed by atoms with Crippen LogP contribution < -0.4 is 5.43 Å². The van der Waals surface area contributed by atoms with E-state index in [1.807, 2.05) is 21.0 Å². The highest BCUT2D eigenvalue weighted by molar-refractivity contribution is 5.87. The van der Waals surface area contributed by atoms with E-state index in [2.05, 4.69) is 5.43 Å². The van der Waals surface area contributed by atoms with Crippen molar-refractivity contribution in [3.05, 3.63) is 11.8 Å². The Hall–Kier alpha value is -1.03. The molecule has 4 nitrogen and oxygen atoms in total. The zero-order valence-electron chi connectivity index (χ0n) is 8.38. The van der Waals surface area contributed by atoms with Gasteiger partial charge in [-0.2, -0.15) is 0 Å². The van der Waals surface area contributed by atoms with E-state index in [-0.39, 0.29) is 5.91 Å². The van der Waals surface area contributed by atoms with Crippen LogP contribution in [0.5, 0.6) is 0 Å². The van der Waals surface area contributed by atoms with E-state index < -0.39 is 0 Å². The lowest BCUT2D eigenvalue weighted by atomic mass is 10.4. The summed E-state index contributed by atoms with van der Waals surface area (Å²) in [7, 11) is 7.19. The van der Waals surface area contributed by atoms with Crippen LogP contribution in [0.2, 0.25) is 0 Å². The molecule has 0 aliphatic carbocycles. The smallest absolute Gasteiger partial charge is 0.247 e. The van der Waals surface area contributed by atoms with Crippen molar-refractivity contribution in [2.45, 2.75) is 6.92 Å². The molecule has 0 fully saturated rings. The monoisotopic (exact) mass is 171 g/mol. The zero-order chi connectivity index (χ0) is 9.72. The molecule has 0 rings (SSSR count). The third-order valence-corrected chi connectivity index (χ3v) is 1.18. The molecule has 1 N–H and O–H groups in total. The van der Waals surface area contributed by atoms with Gasteiger partial charge in [-0.05, 0) is 6.92 Å². The van der Waals surface area contributed by atoms with E-state index >= 15 is 0 Å². The molecule has 0 bridgehead atoms. The van der Waals surface area contributed by atoms with Gasteiger partial charge in [-0.15, -0.1) is 0 Å². The third-order valence-electron chi connectivity index (χ3n) is 1.18. The first-order chi connectivity index (χ1) is 5.43. The quantitative estimate of drug-likeness (QED) is 0.481. The predicted molar refractivity (Wildman–Crippen MR) is 49.3 cm³/mol. The summed E-state index contributed by atoms with van der Waals surface area (Å²) in [6.07, 6.45) is 1.56. The van der Waals surface area contributed by atoms with Gasteiger partial charge in [0.25, 0.3) is 0 Å². The summed E-state index contributed by atoms with van der Waals surface area (Å²) >= 11 is 0. The van der Waals surface area contributed by atoms with E-state index in [9.17, 15) is 4.79 Å². The lowest BCUT2D eigenvalue weighted by Crippen LogP contribution is -2.30. The molecule has 0 aliphatic rings. The highest BCUT2D eigenvalue weighted by Crippen LogP contribution is 1.89. The lowest BCUT2D eigenvalue weighted by molar-refractivity contribution is -0.123. The summed E-state index contributed by atoms with van der Waals surface area (Å²) in [5.41, 5.74) is 3.81. The van der Waals surface area contributed by atoms with E-state index in [1.165, 1.54) is 4.90 Å². The number of likely N-dealkylation sites (N-methyl/N-ethyl adjacent to an activating group) is 1. The molecule has 1 amide bonds. The van der Waals surface area contributed by atoms with Crippen LogP contribution in [0.4, 0.5) is 0 Å². The fraction of sp³-hybridized carbons (Fsp3) is 0.625. The summed E-state index contributed by atoms with van der Waals surface area (Å²) < 4.78 is 0. The van der Waals surface area contributed by atoms with Crippen LogP contribution in [0.3, 0.4) is 0 Å². The molecule has 0 saturated carbocycles. The Morgan fingerprint density at radius 2 is 1.75 bits per heavy atom. The second-order valence-corrected chi connectivity index (χ2v) is 3.07. The van der Waals surface area contributed by atoms with Crippen molar-refractivity contribution in [1.82, 2.24) is 15.3 Å². The van der Waals surface area contributed by atoms with Gasteiger partial charge in [0.1, 0.15) is 0 Å². The number of allylic oxidation sites excluding steroid dienone is 1. The van der Waals surface area contributed by atoms with E-state index in [0.29, 0.717) is 0 Å². The first-order valence-electron chi connectivity index (χ1n) is 3.77. The largest absolute Gasteiger partial charge is 0.345 e. The number of rotatable bonds is 3. The van der Waals surface area contributed by atoms with E-state index in [0.717, 1.165) is 5.70 Å². The minimum Gasteiger partial charge on any atom is -0.345 e. The molecule has 0 radical (unpaired) electrons. The fourth-order valence-corrected chi connectivity index (χ4v) is 0.699. The Labute approximate surface area is 73.8 Å². The van der Waals surface area contributed by atoms with E-state index in [1.54, 1.807) is 25.2 Å². The maximum atomic E-state index is 11.1. The van der Waals surface area contributed by atoms with Crippen molar-refractivity contribution in [3.63, 3.8) is 0 Å². The summed E-state index contributed by atoms with van der Waals surface area (Å²) in [5.74, 6) is -0.0122. The number of hydrogen-bond donors (Lipinski definition) is 1. The SMILES string of the molecule is C/C(=C\C(=O)N(C)C)NN(C)C. The molecule has 0 atom stereocenters. The Kier molecular flexibility index (Phi) is 4.36. The lowest BCUT2D eigenvalue weighted by Gasteiger charge is -2.14. The van der Waals surface area contributed by atoms with Crippen LogP contribution in [0.15, 0.2) is 11.8 Å². The average Bonchev–Trinajstić information content (AvgIpc) is 1.84. The Morgan fingerprint density at radius 1 is 1.25 bits per heavy atom. The van der Waals surface area contributed by atoms with Crippen molar-refractivity contribution < 1.29 is 4.79 Å². The maximum absolute atomic E-state index is 11.1. The molecule has 0 aliphatic heterocycles. The van der Waals surface area contributed by atoms with Gasteiger partial charge in [-0.3, -0.25) is 4.79 Å². The molecular weight excluding hydrogens is 154 g/mol. The van der Waals surface area contributed by atoms with Crippen molar-refractivity contribution >= 4 is 5.91 Å². The van der Waals surface area contributed by atoms with E-state index in [4.69, 9.17) is 0 Å². The number of carbonyl (C=O) groups is 1. The first kappa shape index (κ1) is 11.0. The van der Waals surface area contributed by atoms with Crippen LogP contribution in [0, 0.1) is 0 Å². The van der Waals surface area contributed by atoms with Crippen LogP contribution in [0.1, 0.15) is 6.92 Å². The van der Waals surface area contributed by atoms with Crippen LogP contribution in [-0.4, -0.2) is 44.0 Å². The number of carbonyl (C=O) groups excluding carboxylic acids is 1. The maximum Gasteiger partial charge on any atom is 0.247 e. The molecule has 0 aromatic carbocycles. The number of amides is 1. The van der Waals surface area contributed by atoms with Crippen LogP contribution in [-0.2, 0) is 4.79 Å². The molecule has 12 heavy (non-hydrogen) atoms. The van der Waals surface area contributed by atoms with Crippen molar-refractivity contribution in [3.8, 4) is 0 Å². The van der Waals surface area contributed by atoms with Gasteiger partial charge in [-0.25, -0.2) is 5.01 Å². The normalized spacial score (nSPS) is 11.7. The fourth-order valence-electron chi connectivity index (χ4n) is 0.699. The molecule has 0 aromatic rings. The Bertz CT molecular complexity index is 185. The van der Waals surface area contributed by atoms with Crippen LogP contribution >= 0.6 is 0 Å². The Balaban J connectivity index is 4.07. The molecule has 4 heteroatoms. The van der Waals surface area contributed by atoms with Crippen LogP contribution in [0.25, 0.3) is 0 Å².